The number of amides is 2. The van der Waals surface area contributed by atoms with E-state index in [-0.39, 0.29) is 6.03 Å². The lowest BCUT2D eigenvalue weighted by Crippen LogP contribution is -2.44. The number of nitrogens with zero attached hydrogens (tertiary/aromatic N) is 2. The zero-order chi connectivity index (χ0) is 18.9. The highest BCUT2D eigenvalue weighted by Gasteiger charge is 2.18. The number of rotatable bonds is 5. The normalized spacial score (nSPS) is 18.4. The molecule has 2 amide bonds. The maximum Gasteiger partial charge on any atom is 0.321 e. The smallest absolute Gasteiger partial charge is 0.321 e. The van der Waals surface area contributed by atoms with Crippen LogP contribution in [-0.4, -0.2) is 42.6 Å². The summed E-state index contributed by atoms with van der Waals surface area (Å²) in [7, 11) is 0. The van der Waals surface area contributed by atoms with Crippen LogP contribution in [-0.2, 0) is 6.54 Å². The topological polar surface area (TPSA) is 68.8 Å². The molecule has 6 nitrogen and oxygen atoms in total. The molecule has 27 heavy (non-hydrogen) atoms. The number of benzene rings is 1. The standard InChI is InChI=1S/C21H33N5O/c1-2-22-20(24-18-10-4-3-5-11-18)23-16-17-9-8-12-19(15-17)25-21(27)26-13-6-7-14-26/h8-9,12,15,18H,2-7,10-11,13-14,16H2,1H3,(H,25,27)(H2,22,23,24). The van der Waals surface area contributed by atoms with Gasteiger partial charge in [-0.3, -0.25) is 0 Å². The average Bonchev–Trinajstić information content (AvgIpc) is 3.22. The quantitative estimate of drug-likeness (QED) is 0.546. The molecule has 3 N–H and O–H groups in total. The number of hydrogen-bond acceptors (Lipinski definition) is 2. The molecule has 2 fully saturated rings. The second kappa shape index (κ2) is 10.2. The molecule has 6 heteroatoms. The van der Waals surface area contributed by atoms with E-state index in [2.05, 4.69) is 28.9 Å². The van der Waals surface area contributed by atoms with Crippen molar-refractivity contribution >= 4 is 17.7 Å². The van der Waals surface area contributed by atoms with E-state index in [0.717, 1.165) is 49.7 Å². The largest absolute Gasteiger partial charge is 0.357 e. The van der Waals surface area contributed by atoms with Gasteiger partial charge in [0, 0.05) is 31.4 Å². The number of nitrogens with one attached hydrogen (secondary N) is 3. The first-order chi connectivity index (χ1) is 13.2. The summed E-state index contributed by atoms with van der Waals surface area (Å²) in [5, 5.41) is 9.93. The molecule has 3 rings (SSSR count). The Bertz CT molecular complexity index is 633. The van der Waals surface area contributed by atoms with Crippen molar-refractivity contribution < 1.29 is 4.79 Å². The maximum atomic E-state index is 12.3. The van der Waals surface area contributed by atoms with Crippen molar-refractivity contribution in [2.45, 2.75) is 64.5 Å². The van der Waals surface area contributed by atoms with Gasteiger partial charge in [0.25, 0.3) is 0 Å². The summed E-state index contributed by atoms with van der Waals surface area (Å²) in [6, 6.07) is 8.52. The summed E-state index contributed by atoms with van der Waals surface area (Å²) >= 11 is 0. The number of carbonyl (C=O) groups is 1. The number of aliphatic imine (C=N–C) groups is 1. The molecule has 0 aromatic heterocycles. The number of likely N-dealkylation sites (tertiary alicyclic amines) is 1. The molecule has 0 radical (unpaired) electrons. The molecule has 0 unspecified atom stereocenters. The van der Waals surface area contributed by atoms with Crippen LogP contribution in [0.2, 0.25) is 0 Å². The lowest BCUT2D eigenvalue weighted by atomic mass is 9.96. The number of hydrogen-bond donors (Lipinski definition) is 3. The molecule has 0 atom stereocenters. The SMILES string of the molecule is CCNC(=NCc1cccc(NC(=O)N2CCCC2)c1)NC1CCCCC1. The molecule has 2 aliphatic rings. The monoisotopic (exact) mass is 371 g/mol. The Kier molecular flexibility index (Phi) is 7.36. The Hall–Kier alpha value is -2.24. The highest BCUT2D eigenvalue weighted by molar-refractivity contribution is 5.89. The number of guanidine groups is 1. The van der Waals surface area contributed by atoms with Gasteiger partial charge in [-0.05, 0) is 50.3 Å². The van der Waals surface area contributed by atoms with Crippen LogP contribution in [0.5, 0.6) is 0 Å². The first kappa shape index (κ1) is 19.5. The molecule has 1 aliphatic carbocycles. The molecule has 1 saturated carbocycles. The number of urea groups is 1. The van der Waals surface area contributed by atoms with Crippen molar-refractivity contribution in [2.75, 3.05) is 25.0 Å². The van der Waals surface area contributed by atoms with Gasteiger partial charge < -0.3 is 20.9 Å². The van der Waals surface area contributed by atoms with Crippen LogP contribution >= 0.6 is 0 Å². The molecule has 1 aliphatic heterocycles. The first-order valence-electron chi connectivity index (χ1n) is 10.4. The molecule has 1 heterocycles. The molecular formula is C21H33N5O. The maximum absolute atomic E-state index is 12.3. The van der Waals surface area contributed by atoms with Crippen LogP contribution in [0, 0.1) is 0 Å². The van der Waals surface area contributed by atoms with E-state index in [1.165, 1.54) is 32.1 Å². The Morgan fingerprint density at radius 3 is 2.67 bits per heavy atom. The van der Waals surface area contributed by atoms with Gasteiger partial charge in [0.05, 0.1) is 6.54 Å². The van der Waals surface area contributed by atoms with Crippen molar-refractivity contribution in [3.05, 3.63) is 29.8 Å². The van der Waals surface area contributed by atoms with Gasteiger partial charge in [0.1, 0.15) is 0 Å². The van der Waals surface area contributed by atoms with Crippen molar-refractivity contribution in [1.82, 2.24) is 15.5 Å². The average molecular weight is 372 g/mol. The van der Waals surface area contributed by atoms with Crippen LogP contribution in [0.15, 0.2) is 29.3 Å². The minimum atomic E-state index is 0.000421. The van der Waals surface area contributed by atoms with Gasteiger partial charge in [0.15, 0.2) is 5.96 Å². The first-order valence-corrected chi connectivity index (χ1v) is 10.4. The minimum Gasteiger partial charge on any atom is -0.357 e. The summed E-state index contributed by atoms with van der Waals surface area (Å²) in [6.07, 6.45) is 8.60. The number of carbonyl (C=O) groups excluding carboxylic acids is 1. The van der Waals surface area contributed by atoms with Gasteiger partial charge >= 0.3 is 6.03 Å². The molecule has 0 spiro atoms. The third kappa shape index (κ3) is 6.15. The summed E-state index contributed by atoms with van der Waals surface area (Å²) in [5.74, 6) is 0.885. The van der Waals surface area contributed by atoms with Crippen molar-refractivity contribution in [3.8, 4) is 0 Å². The minimum absolute atomic E-state index is 0.000421. The Morgan fingerprint density at radius 1 is 1.15 bits per heavy atom. The summed E-state index contributed by atoms with van der Waals surface area (Å²) in [5.41, 5.74) is 1.93. The predicted molar refractivity (Wildman–Crippen MR) is 111 cm³/mol. The van der Waals surface area contributed by atoms with Gasteiger partial charge in [-0.1, -0.05) is 31.4 Å². The molecular weight excluding hydrogens is 338 g/mol. The summed E-state index contributed by atoms with van der Waals surface area (Å²) in [4.78, 5) is 18.9. The zero-order valence-corrected chi connectivity index (χ0v) is 16.5. The van der Waals surface area contributed by atoms with Crippen LogP contribution < -0.4 is 16.0 Å². The molecule has 1 saturated heterocycles. The lowest BCUT2D eigenvalue weighted by molar-refractivity contribution is 0.222. The van der Waals surface area contributed by atoms with E-state index >= 15 is 0 Å². The lowest BCUT2D eigenvalue weighted by Gasteiger charge is -2.24. The van der Waals surface area contributed by atoms with E-state index in [9.17, 15) is 4.79 Å². The second-order valence-electron chi connectivity index (χ2n) is 7.50. The molecule has 1 aromatic carbocycles. The van der Waals surface area contributed by atoms with Crippen LogP contribution in [0.4, 0.5) is 10.5 Å². The van der Waals surface area contributed by atoms with Gasteiger partial charge in [-0.15, -0.1) is 0 Å². The van der Waals surface area contributed by atoms with Crippen molar-refractivity contribution in [1.29, 1.82) is 0 Å². The van der Waals surface area contributed by atoms with Crippen LogP contribution in [0.3, 0.4) is 0 Å². The third-order valence-corrected chi connectivity index (χ3v) is 5.28. The highest BCUT2D eigenvalue weighted by atomic mass is 16.2. The van der Waals surface area contributed by atoms with Crippen molar-refractivity contribution in [3.63, 3.8) is 0 Å². The fourth-order valence-corrected chi connectivity index (χ4v) is 3.80. The van der Waals surface area contributed by atoms with Crippen molar-refractivity contribution in [2.24, 2.45) is 4.99 Å². The Morgan fingerprint density at radius 2 is 1.93 bits per heavy atom. The van der Waals surface area contributed by atoms with E-state index in [1.807, 2.05) is 23.1 Å². The van der Waals surface area contributed by atoms with E-state index in [1.54, 1.807) is 0 Å². The predicted octanol–water partition coefficient (Wildman–Crippen LogP) is 3.70. The van der Waals surface area contributed by atoms with Crippen LogP contribution in [0.25, 0.3) is 0 Å². The molecule has 148 valence electrons. The number of anilines is 1. The molecule has 0 bridgehead atoms. The van der Waals surface area contributed by atoms with Gasteiger partial charge in [0.2, 0.25) is 0 Å². The van der Waals surface area contributed by atoms with Crippen LogP contribution in [0.1, 0.15) is 57.4 Å². The molecule has 1 aromatic rings. The zero-order valence-electron chi connectivity index (χ0n) is 16.5. The van der Waals surface area contributed by atoms with E-state index in [4.69, 9.17) is 4.99 Å². The van der Waals surface area contributed by atoms with E-state index in [0.29, 0.717) is 12.6 Å². The summed E-state index contributed by atoms with van der Waals surface area (Å²) < 4.78 is 0. The second-order valence-corrected chi connectivity index (χ2v) is 7.50. The van der Waals surface area contributed by atoms with Gasteiger partial charge in [-0.25, -0.2) is 9.79 Å². The third-order valence-electron chi connectivity index (χ3n) is 5.28. The van der Waals surface area contributed by atoms with E-state index < -0.39 is 0 Å². The summed E-state index contributed by atoms with van der Waals surface area (Å²) in [6.45, 7) is 5.25. The fraction of sp³-hybridized carbons (Fsp3) is 0.619. The fourth-order valence-electron chi connectivity index (χ4n) is 3.80. The highest BCUT2D eigenvalue weighted by Crippen LogP contribution is 2.18. The van der Waals surface area contributed by atoms with Gasteiger partial charge in [-0.2, -0.15) is 0 Å². The Labute approximate surface area is 162 Å². The Balaban J connectivity index is 1.57.